The summed E-state index contributed by atoms with van der Waals surface area (Å²) in [5, 5.41) is 0. The first kappa shape index (κ1) is 18.0. The zero-order chi connectivity index (χ0) is 14.4. The third-order valence-corrected chi connectivity index (χ3v) is 3.38. The van der Waals surface area contributed by atoms with Crippen molar-refractivity contribution in [1.82, 2.24) is 4.90 Å². The number of ether oxygens (including phenoxy) is 2. The maximum Gasteiger partial charge on any atom is 0.150 e. The highest BCUT2D eigenvalue weighted by Gasteiger charge is 2.21. The second-order valence-electron chi connectivity index (χ2n) is 5.41. The second kappa shape index (κ2) is 9.03. The van der Waals surface area contributed by atoms with Gasteiger partial charge in [0.1, 0.15) is 12.0 Å². The van der Waals surface area contributed by atoms with Crippen LogP contribution in [-0.4, -0.2) is 49.6 Å². The number of morpholine rings is 1. The fourth-order valence-corrected chi connectivity index (χ4v) is 2.62. The highest BCUT2D eigenvalue weighted by molar-refractivity contribution is 5.85. The van der Waals surface area contributed by atoms with Crippen LogP contribution in [0.2, 0.25) is 0 Å². The molecule has 5 heteroatoms. The molecule has 0 radical (unpaired) electrons. The highest BCUT2D eigenvalue weighted by Crippen LogP contribution is 2.13. The Morgan fingerprint density at radius 2 is 2.05 bits per heavy atom. The number of hydrogen-bond donors (Lipinski definition) is 0. The number of rotatable bonds is 6. The Hall–Kier alpha value is -1.10. The van der Waals surface area contributed by atoms with Gasteiger partial charge >= 0.3 is 0 Å². The number of nitrogens with zero attached hydrogens (tertiary/aromatic N) is 1. The van der Waals surface area contributed by atoms with Crippen LogP contribution in [0.3, 0.4) is 0 Å². The van der Waals surface area contributed by atoms with E-state index in [1.807, 2.05) is 12.1 Å². The molecule has 0 aliphatic carbocycles. The Balaban J connectivity index is 0.00000220. The first-order valence-corrected chi connectivity index (χ1v) is 7.23. The minimum atomic E-state index is 0. The number of halogens is 1. The predicted molar refractivity (Wildman–Crippen MR) is 85.6 cm³/mol. The summed E-state index contributed by atoms with van der Waals surface area (Å²) in [6.45, 7) is 7.90. The first-order valence-electron chi connectivity index (χ1n) is 7.23. The van der Waals surface area contributed by atoms with Crippen LogP contribution in [0.15, 0.2) is 24.3 Å². The average Bonchev–Trinajstić information content (AvgIpc) is 2.43. The molecule has 118 valence electrons. The largest absolute Gasteiger partial charge is 0.494 e. The fraction of sp³-hybridized carbons (Fsp3) is 0.562. The van der Waals surface area contributed by atoms with E-state index in [1.54, 1.807) is 12.1 Å². The van der Waals surface area contributed by atoms with E-state index in [0.717, 1.165) is 38.1 Å². The van der Waals surface area contributed by atoms with Gasteiger partial charge in [0.05, 0.1) is 18.8 Å². The summed E-state index contributed by atoms with van der Waals surface area (Å²) < 4.78 is 11.4. The Labute approximate surface area is 132 Å². The van der Waals surface area contributed by atoms with E-state index < -0.39 is 0 Å². The Morgan fingerprint density at radius 1 is 1.33 bits per heavy atom. The molecule has 1 aliphatic heterocycles. The molecule has 4 nitrogen and oxygen atoms in total. The zero-order valence-corrected chi connectivity index (χ0v) is 13.5. The van der Waals surface area contributed by atoms with Crippen molar-refractivity contribution in [2.45, 2.75) is 32.5 Å². The van der Waals surface area contributed by atoms with Crippen molar-refractivity contribution in [3.63, 3.8) is 0 Å². The fourth-order valence-electron chi connectivity index (χ4n) is 2.62. The molecule has 1 aromatic carbocycles. The zero-order valence-electron chi connectivity index (χ0n) is 12.7. The van der Waals surface area contributed by atoms with Gasteiger partial charge in [-0.1, -0.05) is 12.1 Å². The van der Waals surface area contributed by atoms with Crippen molar-refractivity contribution in [3.8, 4) is 5.75 Å². The first-order chi connectivity index (χ1) is 9.67. The lowest BCUT2D eigenvalue weighted by Crippen LogP contribution is -2.45. The monoisotopic (exact) mass is 313 g/mol. The number of benzene rings is 1. The van der Waals surface area contributed by atoms with Gasteiger partial charge in [-0.05, 0) is 32.4 Å². The van der Waals surface area contributed by atoms with Crippen molar-refractivity contribution in [1.29, 1.82) is 0 Å². The molecule has 1 heterocycles. The number of carbonyl (C=O) groups is 1. The summed E-state index contributed by atoms with van der Waals surface area (Å²) in [6, 6.07) is 7.26. The summed E-state index contributed by atoms with van der Waals surface area (Å²) in [5.41, 5.74) is 0.651. The molecule has 0 saturated carbocycles. The van der Waals surface area contributed by atoms with Crippen LogP contribution in [0.4, 0.5) is 0 Å². The molecular weight excluding hydrogens is 290 g/mol. The molecule has 0 aromatic heterocycles. The van der Waals surface area contributed by atoms with Gasteiger partial charge in [0.15, 0.2) is 0 Å². The van der Waals surface area contributed by atoms with Gasteiger partial charge in [-0.3, -0.25) is 9.69 Å². The Bertz CT molecular complexity index is 431. The minimum Gasteiger partial charge on any atom is -0.494 e. The summed E-state index contributed by atoms with van der Waals surface area (Å²) >= 11 is 0. The van der Waals surface area contributed by atoms with Crippen LogP contribution >= 0.6 is 12.4 Å². The van der Waals surface area contributed by atoms with Gasteiger partial charge in [-0.2, -0.15) is 0 Å². The van der Waals surface area contributed by atoms with Gasteiger partial charge in [0.25, 0.3) is 0 Å². The lowest BCUT2D eigenvalue weighted by atomic mass is 10.2. The third kappa shape index (κ3) is 6.04. The molecule has 1 aliphatic rings. The number of hydrogen-bond acceptors (Lipinski definition) is 4. The van der Waals surface area contributed by atoms with Crippen molar-refractivity contribution >= 4 is 18.7 Å². The quantitative estimate of drug-likeness (QED) is 0.598. The maximum absolute atomic E-state index is 10.7. The van der Waals surface area contributed by atoms with Gasteiger partial charge in [0.2, 0.25) is 0 Å². The molecule has 0 bridgehead atoms. The van der Waals surface area contributed by atoms with E-state index in [2.05, 4.69) is 18.7 Å². The summed E-state index contributed by atoms with van der Waals surface area (Å²) in [4.78, 5) is 13.1. The lowest BCUT2D eigenvalue weighted by molar-refractivity contribution is -0.0686. The van der Waals surface area contributed by atoms with E-state index in [0.29, 0.717) is 24.4 Å². The summed E-state index contributed by atoms with van der Waals surface area (Å²) in [7, 11) is 0. The van der Waals surface area contributed by atoms with Gasteiger partial charge < -0.3 is 9.47 Å². The molecule has 2 rings (SSSR count). The topological polar surface area (TPSA) is 38.8 Å². The number of aldehydes is 1. The van der Waals surface area contributed by atoms with Gasteiger partial charge in [0, 0.05) is 25.2 Å². The molecule has 1 saturated heterocycles. The molecule has 1 fully saturated rings. The van der Waals surface area contributed by atoms with Crippen LogP contribution in [0.5, 0.6) is 5.75 Å². The lowest BCUT2D eigenvalue weighted by Gasteiger charge is -2.35. The van der Waals surface area contributed by atoms with Crippen LogP contribution in [0, 0.1) is 0 Å². The standard InChI is InChI=1S/C16H23NO3.ClH/c1-13-10-17(11-14(2)20-13)7-4-8-19-16-6-3-5-15(9-16)12-18;/h3,5-6,9,12-14H,4,7-8,10-11H2,1-2H3;1H. The normalized spacial score (nSPS) is 22.4. The van der Waals surface area contributed by atoms with E-state index in [-0.39, 0.29) is 12.4 Å². The highest BCUT2D eigenvalue weighted by atomic mass is 35.5. The van der Waals surface area contributed by atoms with Crippen LogP contribution in [0.25, 0.3) is 0 Å². The predicted octanol–water partition coefficient (Wildman–Crippen LogP) is 2.80. The number of carbonyl (C=O) groups excluding carboxylic acids is 1. The van der Waals surface area contributed by atoms with Crippen molar-refractivity contribution in [2.24, 2.45) is 0 Å². The van der Waals surface area contributed by atoms with Gasteiger partial charge in [-0.25, -0.2) is 0 Å². The van der Waals surface area contributed by atoms with E-state index >= 15 is 0 Å². The smallest absolute Gasteiger partial charge is 0.150 e. The van der Waals surface area contributed by atoms with Crippen molar-refractivity contribution < 1.29 is 14.3 Å². The van der Waals surface area contributed by atoms with Crippen LogP contribution < -0.4 is 4.74 Å². The van der Waals surface area contributed by atoms with Crippen molar-refractivity contribution in [3.05, 3.63) is 29.8 Å². The summed E-state index contributed by atoms with van der Waals surface area (Å²) in [5.74, 6) is 0.762. The molecule has 2 unspecified atom stereocenters. The second-order valence-corrected chi connectivity index (χ2v) is 5.41. The van der Waals surface area contributed by atoms with Crippen LogP contribution in [0.1, 0.15) is 30.6 Å². The molecule has 0 spiro atoms. The van der Waals surface area contributed by atoms with E-state index in [9.17, 15) is 4.79 Å². The molecule has 1 aromatic rings. The third-order valence-electron chi connectivity index (χ3n) is 3.38. The Morgan fingerprint density at radius 3 is 2.71 bits per heavy atom. The molecule has 0 amide bonds. The van der Waals surface area contributed by atoms with E-state index in [4.69, 9.17) is 9.47 Å². The Kier molecular flexibility index (Phi) is 7.72. The van der Waals surface area contributed by atoms with Crippen molar-refractivity contribution in [2.75, 3.05) is 26.2 Å². The molecule has 0 N–H and O–H groups in total. The van der Waals surface area contributed by atoms with E-state index in [1.165, 1.54) is 0 Å². The van der Waals surface area contributed by atoms with Gasteiger partial charge in [-0.15, -0.1) is 12.4 Å². The SMILES string of the molecule is CC1CN(CCCOc2cccc(C=O)c2)CC(C)O1.Cl. The molecular formula is C16H24ClNO3. The average molecular weight is 314 g/mol. The molecule has 2 atom stereocenters. The summed E-state index contributed by atoms with van der Waals surface area (Å²) in [6.07, 6.45) is 2.43. The van der Waals surface area contributed by atoms with Crippen LogP contribution in [-0.2, 0) is 4.74 Å². The minimum absolute atomic E-state index is 0. The molecule has 21 heavy (non-hydrogen) atoms. The maximum atomic E-state index is 10.7.